The zero-order valence-electron chi connectivity index (χ0n) is 13.8. The molecule has 3 heteroatoms. The fraction of sp³-hybridized carbons (Fsp3) is 0.895. The van der Waals surface area contributed by atoms with Crippen LogP contribution < -0.4 is 0 Å². The second-order valence-electron chi connectivity index (χ2n) is 8.96. The summed E-state index contributed by atoms with van der Waals surface area (Å²) in [5.41, 5.74) is -0.0288. The maximum atomic E-state index is 12.9. The summed E-state index contributed by atoms with van der Waals surface area (Å²) in [7, 11) is 0. The van der Waals surface area contributed by atoms with Gasteiger partial charge in [-0.2, -0.15) is 0 Å². The molecule has 22 heavy (non-hydrogen) atoms. The zero-order chi connectivity index (χ0) is 15.7. The standard InChI is InChI=1S/C19H28O3/c1-18-7-5-12(20)9-11(18)10-15(21)17-13-3-4-16(22)19(13,2)8-6-14(17)18/h11-14,17,20H,3-10H2,1-2H3/t11-,12+,13+,14+,17+,18?,19+/m1/s1. The van der Waals surface area contributed by atoms with Crippen LogP contribution in [0.3, 0.4) is 0 Å². The number of fused-ring (bicyclic) bond motifs is 5. The number of hydrogen-bond acceptors (Lipinski definition) is 3. The highest BCUT2D eigenvalue weighted by Crippen LogP contribution is 2.64. The molecule has 4 fully saturated rings. The Hall–Kier alpha value is -0.700. The molecule has 0 aromatic carbocycles. The molecule has 4 saturated carbocycles. The summed E-state index contributed by atoms with van der Waals surface area (Å²) in [6.07, 6.45) is 6.73. The summed E-state index contributed by atoms with van der Waals surface area (Å²) in [5, 5.41) is 10.0. The smallest absolute Gasteiger partial charge is 0.139 e. The molecule has 4 aliphatic carbocycles. The van der Waals surface area contributed by atoms with Gasteiger partial charge < -0.3 is 5.11 Å². The van der Waals surface area contributed by atoms with Gasteiger partial charge in [0.05, 0.1) is 6.10 Å². The van der Waals surface area contributed by atoms with Gasteiger partial charge in [-0.25, -0.2) is 0 Å². The van der Waals surface area contributed by atoms with E-state index in [1.807, 2.05) is 0 Å². The van der Waals surface area contributed by atoms with E-state index in [0.29, 0.717) is 36.2 Å². The van der Waals surface area contributed by atoms with Crippen LogP contribution in [0.5, 0.6) is 0 Å². The van der Waals surface area contributed by atoms with Gasteiger partial charge in [-0.3, -0.25) is 9.59 Å². The van der Waals surface area contributed by atoms with Crippen molar-refractivity contribution >= 4 is 11.6 Å². The van der Waals surface area contributed by atoms with Gasteiger partial charge in [0.15, 0.2) is 0 Å². The third kappa shape index (κ3) is 1.78. The Bertz CT molecular complexity index is 527. The Balaban J connectivity index is 1.70. The summed E-state index contributed by atoms with van der Waals surface area (Å²) >= 11 is 0. The number of rotatable bonds is 0. The van der Waals surface area contributed by atoms with Crippen LogP contribution >= 0.6 is 0 Å². The van der Waals surface area contributed by atoms with Crippen LogP contribution in [0.4, 0.5) is 0 Å². The highest BCUT2D eigenvalue weighted by Gasteiger charge is 2.62. The largest absolute Gasteiger partial charge is 0.393 e. The minimum atomic E-state index is -0.228. The third-order valence-electron chi connectivity index (χ3n) is 8.15. The molecule has 1 N–H and O–H groups in total. The Kier molecular flexibility index (Phi) is 3.15. The van der Waals surface area contributed by atoms with E-state index >= 15 is 0 Å². The second-order valence-corrected chi connectivity index (χ2v) is 8.96. The summed E-state index contributed by atoms with van der Waals surface area (Å²) in [4.78, 5) is 25.3. The quantitative estimate of drug-likeness (QED) is 0.748. The average molecular weight is 304 g/mol. The Morgan fingerprint density at radius 2 is 1.82 bits per heavy atom. The van der Waals surface area contributed by atoms with E-state index in [0.717, 1.165) is 38.5 Å². The lowest BCUT2D eigenvalue weighted by Crippen LogP contribution is -2.57. The first-order valence-corrected chi connectivity index (χ1v) is 9.10. The van der Waals surface area contributed by atoms with Gasteiger partial charge in [0.2, 0.25) is 0 Å². The normalized spacial score (nSPS) is 54.6. The highest BCUT2D eigenvalue weighted by atomic mass is 16.3. The topological polar surface area (TPSA) is 54.4 Å². The zero-order valence-corrected chi connectivity index (χ0v) is 13.8. The maximum Gasteiger partial charge on any atom is 0.139 e. The van der Waals surface area contributed by atoms with Crippen molar-refractivity contribution in [3.63, 3.8) is 0 Å². The van der Waals surface area contributed by atoms with Crippen LogP contribution in [0, 0.1) is 34.5 Å². The van der Waals surface area contributed by atoms with Gasteiger partial charge in [0.1, 0.15) is 11.6 Å². The molecule has 3 nitrogen and oxygen atoms in total. The Morgan fingerprint density at radius 1 is 1.05 bits per heavy atom. The summed E-state index contributed by atoms with van der Waals surface area (Å²) in [5.74, 6) is 1.99. The number of carbonyl (C=O) groups is 2. The Labute approximate surface area is 132 Å². The van der Waals surface area contributed by atoms with E-state index in [-0.39, 0.29) is 28.8 Å². The van der Waals surface area contributed by atoms with E-state index in [2.05, 4.69) is 13.8 Å². The number of aliphatic hydroxyl groups excluding tert-OH is 1. The van der Waals surface area contributed by atoms with E-state index in [1.54, 1.807) is 0 Å². The molecule has 0 aliphatic heterocycles. The molecule has 0 saturated heterocycles. The van der Waals surface area contributed by atoms with Crippen LogP contribution in [-0.4, -0.2) is 22.8 Å². The van der Waals surface area contributed by atoms with Gasteiger partial charge >= 0.3 is 0 Å². The lowest BCUT2D eigenvalue weighted by molar-refractivity contribution is -0.160. The molecule has 0 bridgehead atoms. The predicted octanol–water partition coefficient (Wildman–Crippen LogP) is 3.14. The van der Waals surface area contributed by atoms with Crippen molar-refractivity contribution in [3.05, 3.63) is 0 Å². The lowest BCUT2D eigenvalue weighted by atomic mass is 9.45. The van der Waals surface area contributed by atoms with Crippen molar-refractivity contribution < 1.29 is 14.7 Å². The average Bonchev–Trinajstić information content (AvgIpc) is 2.77. The second kappa shape index (κ2) is 4.66. The molecule has 0 aromatic rings. The molecule has 7 atom stereocenters. The molecule has 122 valence electrons. The molecular weight excluding hydrogens is 276 g/mol. The fourth-order valence-corrected chi connectivity index (χ4v) is 6.68. The number of ketones is 2. The molecule has 4 rings (SSSR count). The summed E-state index contributed by atoms with van der Waals surface area (Å²) in [6, 6.07) is 0. The van der Waals surface area contributed by atoms with Crippen LogP contribution in [0.25, 0.3) is 0 Å². The minimum absolute atomic E-state index is 0.113. The van der Waals surface area contributed by atoms with Crippen molar-refractivity contribution in [2.24, 2.45) is 34.5 Å². The minimum Gasteiger partial charge on any atom is -0.393 e. The van der Waals surface area contributed by atoms with Gasteiger partial charge in [0.25, 0.3) is 0 Å². The molecule has 0 heterocycles. The number of carbonyl (C=O) groups excluding carboxylic acids is 2. The van der Waals surface area contributed by atoms with Crippen molar-refractivity contribution in [2.45, 2.75) is 71.3 Å². The molecule has 1 unspecified atom stereocenters. The maximum absolute atomic E-state index is 12.9. The third-order valence-corrected chi connectivity index (χ3v) is 8.15. The van der Waals surface area contributed by atoms with Gasteiger partial charge in [0, 0.05) is 24.2 Å². The van der Waals surface area contributed by atoms with E-state index in [9.17, 15) is 14.7 Å². The molecule has 0 radical (unpaired) electrons. The first-order valence-electron chi connectivity index (χ1n) is 9.10. The summed E-state index contributed by atoms with van der Waals surface area (Å²) in [6.45, 7) is 4.49. The first-order chi connectivity index (χ1) is 10.4. The van der Waals surface area contributed by atoms with Crippen LogP contribution in [0.2, 0.25) is 0 Å². The molecular formula is C19H28O3. The van der Waals surface area contributed by atoms with E-state index in [4.69, 9.17) is 0 Å². The van der Waals surface area contributed by atoms with Crippen molar-refractivity contribution in [1.29, 1.82) is 0 Å². The SMILES string of the molecule is CC12CC[C@H](O)C[C@@H]1CC(=O)[C@@H]1[C@@H]2CC[C@]2(C)C(=O)CC[C@@H]12. The van der Waals surface area contributed by atoms with Gasteiger partial charge in [-0.15, -0.1) is 0 Å². The van der Waals surface area contributed by atoms with Gasteiger partial charge in [-0.1, -0.05) is 13.8 Å². The number of hydrogen-bond donors (Lipinski definition) is 1. The number of aliphatic hydroxyl groups is 1. The van der Waals surface area contributed by atoms with E-state index < -0.39 is 0 Å². The number of Topliss-reactive ketones (excluding diaryl/α,β-unsaturated/α-hetero) is 2. The molecule has 0 amide bonds. The van der Waals surface area contributed by atoms with E-state index in [1.165, 1.54) is 0 Å². The van der Waals surface area contributed by atoms with Crippen molar-refractivity contribution in [1.82, 2.24) is 0 Å². The molecule has 0 aromatic heterocycles. The van der Waals surface area contributed by atoms with Crippen molar-refractivity contribution in [2.75, 3.05) is 0 Å². The fourth-order valence-electron chi connectivity index (χ4n) is 6.68. The van der Waals surface area contributed by atoms with Crippen molar-refractivity contribution in [3.8, 4) is 0 Å². The summed E-state index contributed by atoms with van der Waals surface area (Å²) < 4.78 is 0. The van der Waals surface area contributed by atoms with Crippen LogP contribution in [0.15, 0.2) is 0 Å². The van der Waals surface area contributed by atoms with Crippen LogP contribution in [-0.2, 0) is 9.59 Å². The van der Waals surface area contributed by atoms with Crippen LogP contribution in [0.1, 0.15) is 65.2 Å². The lowest BCUT2D eigenvalue weighted by Gasteiger charge is -2.59. The first kappa shape index (κ1) is 14.9. The molecule has 0 spiro atoms. The molecule has 4 aliphatic rings. The predicted molar refractivity (Wildman–Crippen MR) is 83.1 cm³/mol. The monoisotopic (exact) mass is 304 g/mol. The van der Waals surface area contributed by atoms with Gasteiger partial charge in [-0.05, 0) is 61.7 Å². The highest BCUT2D eigenvalue weighted by molar-refractivity contribution is 5.90. The Morgan fingerprint density at radius 3 is 2.59 bits per heavy atom.